The summed E-state index contributed by atoms with van der Waals surface area (Å²) in [6, 6.07) is 0. The number of ether oxygens (including phenoxy) is 1. The van der Waals surface area contributed by atoms with Gasteiger partial charge in [0.1, 0.15) is 11.3 Å². The second-order valence-corrected chi connectivity index (χ2v) is 4.64. The molecule has 1 atom stereocenters. The van der Waals surface area contributed by atoms with Gasteiger partial charge in [0.05, 0.1) is 0 Å². The van der Waals surface area contributed by atoms with Gasteiger partial charge in [0.2, 0.25) is 5.91 Å². The largest absolute Gasteiger partial charge is 0.455 e. The maximum atomic E-state index is 11.6. The van der Waals surface area contributed by atoms with Crippen molar-refractivity contribution in [1.29, 1.82) is 0 Å². The fourth-order valence-corrected chi connectivity index (χ4v) is 1.23. The molecule has 15 heavy (non-hydrogen) atoms. The monoisotopic (exact) mass is 212 g/mol. The van der Waals surface area contributed by atoms with Crippen LogP contribution in [-0.4, -0.2) is 23.2 Å². The summed E-state index contributed by atoms with van der Waals surface area (Å²) in [6.45, 7) is 7.15. The smallest absolute Gasteiger partial charge is 0.355 e. The van der Waals surface area contributed by atoms with Gasteiger partial charge >= 0.3 is 5.97 Å². The number of esters is 1. The SMILES string of the molecule is C[C@@H]1CC(=O)NN=C1C(=O)OC(C)(C)C. The van der Waals surface area contributed by atoms with Crippen LogP contribution in [-0.2, 0) is 14.3 Å². The third kappa shape index (κ3) is 3.34. The molecule has 1 heterocycles. The Morgan fingerprint density at radius 2 is 2.13 bits per heavy atom. The highest BCUT2D eigenvalue weighted by atomic mass is 16.6. The van der Waals surface area contributed by atoms with Gasteiger partial charge in [-0.2, -0.15) is 5.10 Å². The lowest BCUT2D eigenvalue weighted by Crippen LogP contribution is -2.39. The average molecular weight is 212 g/mol. The molecule has 0 unspecified atom stereocenters. The quantitative estimate of drug-likeness (QED) is 0.655. The molecule has 5 heteroatoms. The maximum absolute atomic E-state index is 11.6. The number of carbonyl (C=O) groups excluding carboxylic acids is 2. The minimum atomic E-state index is -0.541. The first-order valence-corrected chi connectivity index (χ1v) is 4.89. The molecule has 0 spiro atoms. The van der Waals surface area contributed by atoms with E-state index in [1.54, 1.807) is 27.7 Å². The van der Waals surface area contributed by atoms with Crippen molar-refractivity contribution >= 4 is 17.6 Å². The van der Waals surface area contributed by atoms with Crippen molar-refractivity contribution in [2.45, 2.75) is 39.7 Å². The van der Waals surface area contributed by atoms with Crippen molar-refractivity contribution in [1.82, 2.24) is 5.43 Å². The zero-order chi connectivity index (χ0) is 11.6. The Labute approximate surface area is 88.9 Å². The van der Waals surface area contributed by atoms with Crippen LogP contribution < -0.4 is 5.43 Å². The molecule has 0 saturated heterocycles. The number of hydrazone groups is 1. The van der Waals surface area contributed by atoms with Crippen molar-refractivity contribution in [3.63, 3.8) is 0 Å². The van der Waals surface area contributed by atoms with Crippen LogP contribution in [0.5, 0.6) is 0 Å². The van der Waals surface area contributed by atoms with Crippen molar-refractivity contribution in [3.05, 3.63) is 0 Å². The molecule has 0 radical (unpaired) electrons. The first-order valence-electron chi connectivity index (χ1n) is 4.89. The van der Waals surface area contributed by atoms with Crippen LogP contribution in [0, 0.1) is 5.92 Å². The van der Waals surface area contributed by atoms with Gasteiger partial charge in [-0.05, 0) is 20.8 Å². The Kier molecular flexibility index (Phi) is 3.12. The second-order valence-electron chi connectivity index (χ2n) is 4.64. The standard InChI is InChI=1S/C10H16N2O3/c1-6-5-7(13)11-12-8(6)9(14)15-10(2,3)4/h6H,5H2,1-4H3,(H,11,13)/t6-/m1/s1. The number of nitrogens with zero attached hydrogens (tertiary/aromatic N) is 1. The fourth-order valence-electron chi connectivity index (χ4n) is 1.23. The van der Waals surface area contributed by atoms with Gasteiger partial charge in [-0.1, -0.05) is 6.92 Å². The highest BCUT2D eigenvalue weighted by Gasteiger charge is 2.29. The van der Waals surface area contributed by atoms with Crippen molar-refractivity contribution in [3.8, 4) is 0 Å². The summed E-state index contributed by atoms with van der Waals surface area (Å²) in [5.74, 6) is -0.821. The van der Waals surface area contributed by atoms with E-state index in [4.69, 9.17) is 4.74 Å². The molecule has 84 valence electrons. The van der Waals surface area contributed by atoms with E-state index in [-0.39, 0.29) is 24.0 Å². The number of hydrogen-bond donors (Lipinski definition) is 1. The molecule has 5 nitrogen and oxygen atoms in total. The average Bonchev–Trinajstić information content (AvgIpc) is 1.99. The van der Waals surface area contributed by atoms with Gasteiger partial charge in [-0.3, -0.25) is 4.79 Å². The lowest BCUT2D eigenvalue weighted by atomic mass is 10.00. The summed E-state index contributed by atoms with van der Waals surface area (Å²) in [7, 11) is 0. The molecule has 0 bridgehead atoms. The molecule has 0 aromatic carbocycles. The van der Waals surface area contributed by atoms with Crippen molar-refractivity contribution < 1.29 is 14.3 Å². The van der Waals surface area contributed by atoms with Crippen LogP contribution in [0.4, 0.5) is 0 Å². The summed E-state index contributed by atoms with van der Waals surface area (Å²) in [6.07, 6.45) is 0.276. The van der Waals surface area contributed by atoms with E-state index < -0.39 is 11.6 Å². The van der Waals surface area contributed by atoms with Crippen LogP contribution in [0.3, 0.4) is 0 Å². The Hall–Kier alpha value is -1.39. The van der Waals surface area contributed by atoms with E-state index in [1.807, 2.05) is 0 Å². The molecule has 1 aliphatic heterocycles. The van der Waals surface area contributed by atoms with Crippen LogP contribution in [0.1, 0.15) is 34.1 Å². The minimum Gasteiger partial charge on any atom is -0.455 e. The molecule has 0 aliphatic carbocycles. The fraction of sp³-hybridized carbons (Fsp3) is 0.700. The van der Waals surface area contributed by atoms with Gasteiger partial charge in [-0.25, -0.2) is 10.2 Å². The number of rotatable bonds is 1. The normalized spacial score (nSPS) is 21.7. The number of nitrogens with one attached hydrogen (secondary N) is 1. The predicted octanol–water partition coefficient (Wildman–Crippen LogP) is 0.840. The second kappa shape index (κ2) is 4.00. The van der Waals surface area contributed by atoms with Crippen LogP contribution >= 0.6 is 0 Å². The number of carbonyl (C=O) groups is 2. The van der Waals surface area contributed by atoms with Crippen LogP contribution in [0.2, 0.25) is 0 Å². The van der Waals surface area contributed by atoms with Crippen LogP contribution in [0.15, 0.2) is 5.10 Å². The summed E-state index contributed by atoms with van der Waals surface area (Å²) >= 11 is 0. The highest BCUT2D eigenvalue weighted by molar-refractivity contribution is 6.38. The zero-order valence-electron chi connectivity index (χ0n) is 9.46. The third-order valence-electron chi connectivity index (χ3n) is 1.87. The Bertz CT molecular complexity index is 315. The molecule has 1 rings (SSSR count). The topological polar surface area (TPSA) is 67.8 Å². The molecular formula is C10H16N2O3. The summed E-state index contributed by atoms with van der Waals surface area (Å²) < 4.78 is 5.16. The minimum absolute atomic E-state index is 0.171. The molecular weight excluding hydrogens is 196 g/mol. The van der Waals surface area contributed by atoms with E-state index in [2.05, 4.69) is 10.5 Å². The molecule has 1 aliphatic rings. The molecule has 1 amide bonds. The number of amides is 1. The first kappa shape index (κ1) is 11.7. The van der Waals surface area contributed by atoms with Gasteiger partial charge < -0.3 is 4.74 Å². The predicted molar refractivity (Wildman–Crippen MR) is 55.2 cm³/mol. The first-order chi connectivity index (χ1) is 6.79. The van der Waals surface area contributed by atoms with E-state index in [1.165, 1.54) is 0 Å². The Balaban J connectivity index is 2.72. The highest BCUT2D eigenvalue weighted by Crippen LogP contribution is 2.14. The summed E-state index contributed by atoms with van der Waals surface area (Å²) in [5.41, 5.74) is 2.02. The molecule has 0 aromatic rings. The number of hydrogen-bond acceptors (Lipinski definition) is 4. The summed E-state index contributed by atoms with van der Waals surface area (Å²) in [5, 5.41) is 3.72. The zero-order valence-corrected chi connectivity index (χ0v) is 9.46. The Morgan fingerprint density at radius 1 is 1.53 bits per heavy atom. The molecule has 0 aromatic heterocycles. The van der Waals surface area contributed by atoms with Gasteiger partial charge in [0.15, 0.2) is 0 Å². The van der Waals surface area contributed by atoms with Gasteiger partial charge in [-0.15, -0.1) is 0 Å². The summed E-state index contributed by atoms with van der Waals surface area (Å²) in [4.78, 5) is 22.6. The lowest BCUT2D eigenvalue weighted by molar-refractivity contribution is -0.146. The van der Waals surface area contributed by atoms with E-state index >= 15 is 0 Å². The Morgan fingerprint density at radius 3 is 2.60 bits per heavy atom. The van der Waals surface area contributed by atoms with Crippen LogP contribution in [0.25, 0.3) is 0 Å². The van der Waals surface area contributed by atoms with E-state index in [0.29, 0.717) is 0 Å². The van der Waals surface area contributed by atoms with E-state index in [0.717, 1.165) is 0 Å². The lowest BCUT2D eigenvalue weighted by Gasteiger charge is -2.23. The molecule has 1 N–H and O–H groups in total. The van der Waals surface area contributed by atoms with Crippen molar-refractivity contribution in [2.75, 3.05) is 0 Å². The maximum Gasteiger partial charge on any atom is 0.355 e. The third-order valence-corrected chi connectivity index (χ3v) is 1.87. The molecule has 0 fully saturated rings. The van der Waals surface area contributed by atoms with Crippen molar-refractivity contribution in [2.24, 2.45) is 11.0 Å². The van der Waals surface area contributed by atoms with Gasteiger partial charge in [0, 0.05) is 12.3 Å². The molecule has 0 saturated carbocycles. The van der Waals surface area contributed by atoms with E-state index in [9.17, 15) is 9.59 Å². The van der Waals surface area contributed by atoms with Gasteiger partial charge in [0.25, 0.3) is 0 Å².